The Morgan fingerprint density at radius 2 is 1.68 bits per heavy atom. The van der Waals surface area contributed by atoms with E-state index < -0.39 is 18.0 Å². The molecule has 180 valence electrons. The maximum Gasteiger partial charge on any atom is 0.253 e. The second kappa shape index (κ2) is 9.09. The first-order chi connectivity index (χ1) is 16.3. The third-order valence-corrected chi connectivity index (χ3v) is 7.24. The Bertz CT molecular complexity index is 1060. The number of nitrogens with one attached hydrogen (secondary N) is 1. The Morgan fingerprint density at radius 1 is 1.00 bits per heavy atom. The predicted molar refractivity (Wildman–Crippen MR) is 126 cm³/mol. The number of anilines is 1. The molecule has 5 rings (SSSR count). The number of aliphatic hydroxyl groups excluding tert-OH is 1. The fourth-order valence-corrected chi connectivity index (χ4v) is 4.67. The molecule has 2 saturated carbocycles. The average Bonchev–Trinajstić information content (AvgIpc) is 3.60. The summed E-state index contributed by atoms with van der Waals surface area (Å²) in [6, 6.07) is 14.8. The van der Waals surface area contributed by atoms with E-state index in [1.165, 1.54) is 0 Å². The van der Waals surface area contributed by atoms with Gasteiger partial charge in [0.25, 0.3) is 5.91 Å². The average molecular weight is 468 g/mol. The minimum Gasteiger partial charge on any atom is -0.386 e. The zero-order valence-corrected chi connectivity index (χ0v) is 19.0. The van der Waals surface area contributed by atoms with Crippen molar-refractivity contribution in [3.8, 4) is 11.1 Å². The SMILES string of the molecule is O=C(Nc1cccc(-c2ccc(C(=O)N3CCN(C(O)C4(O)CC4)CC3)cc2)c1)C1CC(F)C1. The van der Waals surface area contributed by atoms with E-state index in [-0.39, 0.29) is 17.7 Å². The standard InChI is InChI=1S/C26H30FN3O4/c27-21-14-20(15-21)23(31)28-22-3-1-2-19(16-22)17-4-6-18(7-5-17)24(32)29-10-12-30(13-11-29)25(33)26(34)8-9-26/h1-7,16,20-21,25,33-34H,8-15H2,(H,28,31). The minimum absolute atomic E-state index is 0.0569. The van der Waals surface area contributed by atoms with Gasteiger partial charge in [0.1, 0.15) is 18.0 Å². The molecule has 1 heterocycles. The van der Waals surface area contributed by atoms with Gasteiger partial charge >= 0.3 is 0 Å². The second-order valence-corrected chi connectivity index (χ2v) is 9.72. The molecule has 1 atom stereocenters. The highest BCUT2D eigenvalue weighted by Crippen LogP contribution is 2.40. The Hall–Kier alpha value is -2.81. The highest BCUT2D eigenvalue weighted by atomic mass is 19.1. The number of piperazine rings is 1. The van der Waals surface area contributed by atoms with Gasteiger partial charge in [-0.1, -0.05) is 24.3 Å². The molecule has 0 bridgehead atoms. The van der Waals surface area contributed by atoms with E-state index >= 15 is 0 Å². The highest BCUT2D eigenvalue weighted by Gasteiger charge is 2.50. The van der Waals surface area contributed by atoms with Crippen molar-refractivity contribution in [1.29, 1.82) is 0 Å². The van der Waals surface area contributed by atoms with Gasteiger partial charge in [-0.05, 0) is 61.1 Å². The van der Waals surface area contributed by atoms with E-state index in [2.05, 4.69) is 5.32 Å². The van der Waals surface area contributed by atoms with Crippen molar-refractivity contribution in [1.82, 2.24) is 9.80 Å². The number of amides is 2. The van der Waals surface area contributed by atoms with Crippen LogP contribution in [-0.4, -0.2) is 76.0 Å². The van der Waals surface area contributed by atoms with E-state index in [1.807, 2.05) is 41.3 Å². The second-order valence-electron chi connectivity index (χ2n) is 9.72. The zero-order valence-electron chi connectivity index (χ0n) is 19.0. The van der Waals surface area contributed by atoms with Gasteiger partial charge in [-0.2, -0.15) is 0 Å². The highest BCUT2D eigenvalue weighted by molar-refractivity contribution is 5.95. The molecule has 2 aromatic carbocycles. The lowest BCUT2D eigenvalue weighted by molar-refractivity contribution is -0.124. The van der Waals surface area contributed by atoms with Crippen LogP contribution in [0, 0.1) is 5.92 Å². The van der Waals surface area contributed by atoms with Crippen LogP contribution in [0.4, 0.5) is 10.1 Å². The van der Waals surface area contributed by atoms with Gasteiger partial charge in [0.05, 0.1) is 0 Å². The van der Waals surface area contributed by atoms with Crippen LogP contribution in [0.2, 0.25) is 0 Å². The molecule has 3 N–H and O–H groups in total. The number of hydrogen-bond acceptors (Lipinski definition) is 5. The summed E-state index contributed by atoms with van der Waals surface area (Å²) in [5.41, 5.74) is 2.12. The lowest BCUT2D eigenvalue weighted by Gasteiger charge is -2.38. The lowest BCUT2D eigenvalue weighted by Crippen LogP contribution is -2.55. The van der Waals surface area contributed by atoms with Crippen molar-refractivity contribution in [2.24, 2.45) is 5.92 Å². The fraction of sp³-hybridized carbons (Fsp3) is 0.462. The van der Waals surface area contributed by atoms with Crippen LogP contribution in [0.25, 0.3) is 11.1 Å². The number of rotatable bonds is 6. The number of carbonyl (C=O) groups excluding carboxylic acids is 2. The largest absolute Gasteiger partial charge is 0.386 e. The Labute approximate surface area is 198 Å². The smallest absolute Gasteiger partial charge is 0.253 e. The molecule has 1 unspecified atom stereocenters. The van der Waals surface area contributed by atoms with Gasteiger partial charge in [-0.25, -0.2) is 4.39 Å². The van der Waals surface area contributed by atoms with Crippen LogP contribution in [0.1, 0.15) is 36.0 Å². The van der Waals surface area contributed by atoms with Gasteiger partial charge in [-0.3, -0.25) is 14.5 Å². The van der Waals surface area contributed by atoms with Gasteiger partial charge in [0.2, 0.25) is 5.91 Å². The monoisotopic (exact) mass is 467 g/mol. The first-order valence-corrected chi connectivity index (χ1v) is 11.9. The van der Waals surface area contributed by atoms with Gasteiger partial charge in [0.15, 0.2) is 0 Å². The number of alkyl halides is 1. The normalized spacial score (nSPS) is 24.7. The molecular weight excluding hydrogens is 437 g/mol. The van der Waals surface area contributed by atoms with E-state index in [0.717, 1.165) is 11.1 Å². The number of carbonyl (C=O) groups is 2. The van der Waals surface area contributed by atoms with E-state index in [4.69, 9.17) is 0 Å². The van der Waals surface area contributed by atoms with Gasteiger partial charge in [0, 0.05) is 43.3 Å². The molecule has 1 saturated heterocycles. The summed E-state index contributed by atoms with van der Waals surface area (Å²) >= 11 is 0. The van der Waals surface area contributed by atoms with Crippen molar-refractivity contribution in [3.63, 3.8) is 0 Å². The maximum atomic E-state index is 13.0. The quantitative estimate of drug-likeness (QED) is 0.608. The zero-order chi connectivity index (χ0) is 23.9. The molecule has 2 aromatic rings. The number of hydrogen-bond donors (Lipinski definition) is 3. The van der Waals surface area contributed by atoms with E-state index in [0.29, 0.717) is 63.1 Å². The summed E-state index contributed by atoms with van der Waals surface area (Å²) in [5.74, 6) is -0.461. The van der Waals surface area contributed by atoms with E-state index in [9.17, 15) is 24.2 Å². The molecular formula is C26H30FN3O4. The third kappa shape index (κ3) is 4.71. The summed E-state index contributed by atoms with van der Waals surface area (Å²) in [5, 5.41) is 23.3. The molecule has 0 aromatic heterocycles. The molecule has 1 aliphatic heterocycles. The molecule has 3 aliphatic rings. The summed E-state index contributed by atoms with van der Waals surface area (Å²) in [4.78, 5) is 28.8. The number of nitrogens with zero attached hydrogens (tertiary/aromatic N) is 2. The number of benzene rings is 2. The molecule has 34 heavy (non-hydrogen) atoms. The van der Waals surface area contributed by atoms with Crippen LogP contribution in [0.3, 0.4) is 0 Å². The molecule has 2 amide bonds. The van der Waals surface area contributed by atoms with Crippen LogP contribution in [0.5, 0.6) is 0 Å². The lowest BCUT2D eigenvalue weighted by atomic mass is 9.83. The van der Waals surface area contributed by atoms with Crippen LogP contribution in [0.15, 0.2) is 48.5 Å². The predicted octanol–water partition coefficient (Wildman–Crippen LogP) is 2.64. The minimum atomic E-state index is -0.975. The Kier molecular flexibility index (Phi) is 6.14. The summed E-state index contributed by atoms with van der Waals surface area (Å²) < 4.78 is 13.0. The van der Waals surface area contributed by atoms with E-state index in [1.54, 1.807) is 17.0 Å². The number of aliphatic hydroxyl groups is 2. The molecule has 0 radical (unpaired) electrons. The molecule has 0 spiro atoms. The van der Waals surface area contributed by atoms with Crippen LogP contribution in [-0.2, 0) is 4.79 Å². The Balaban J connectivity index is 1.18. The van der Waals surface area contributed by atoms with Crippen molar-refractivity contribution in [2.75, 3.05) is 31.5 Å². The topological polar surface area (TPSA) is 93.1 Å². The van der Waals surface area contributed by atoms with Crippen molar-refractivity contribution in [2.45, 2.75) is 43.7 Å². The third-order valence-electron chi connectivity index (χ3n) is 7.24. The first-order valence-electron chi connectivity index (χ1n) is 11.9. The summed E-state index contributed by atoms with van der Waals surface area (Å²) in [7, 11) is 0. The first kappa shape index (κ1) is 23.0. The molecule has 3 fully saturated rings. The summed E-state index contributed by atoms with van der Waals surface area (Å²) in [6.45, 7) is 2.05. The van der Waals surface area contributed by atoms with Crippen molar-refractivity contribution >= 4 is 17.5 Å². The Morgan fingerprint density at radius 3 is 2.29 bits per heavy atom. The molecule has 2 aliphatic carbocycles. The summed E-state index contributed by atoms with van der Waals surface area (Å²) in [6.07, 6.45) is 0.0926. The van der Waals surface area contributed by atoms with Gasteiger partial charge < -0.3 is 20.4 Å². The van der Waals surface area contributed by atoms with Crippen LogP contribution >= 0.6 is 0 Å². The molecule has 7 nitrogen and oxygen atoms in total. The maximum absolute atomic E-state index is 13.0. The van der Waals surface area contributed by atoms with Crippen molar-refractivity contribution in [3.05, 3.63) is 54.1 Å². The molecule has 8 heteroatoms. The fourth-order valence-electron chi connectivity index (χ4n) is 4.67. The van der Waals surface area contributed by atoms with Crippen LogP contribution < -0.4 is 5.32 Å². The van der Waals surface area contributed by atoms with Crippen molar-refractivity contribution < 1.29 is 24.2 Å². The van der Waals surface area contributed by atoms with Gasteiger partial charge in [-0.15, -0.1) is 0 Å². The number of halogens is 1.